The van der Waals surface area contributed by atoms with Crippen LogP contribution in [0.1, 0.15) is 98.0 Å². The Morgan fingerprint density at radius 2 is 1.65 bits per heavy atom. The van der Waals surface area contributed by atoms with Gasteiger partial charge in [-0.15, -0.1) is 0 Å². The minimum Gasteiger partial charge on any atom is -0.351 e. The number of fused-ring (bicyclic) bond motifs is 2. The van der Waals surface area contributed by atoms with Gasteiger partial charge in [-0.05, 0) is 103 Å². The molecule has 0 spiro atoms. The Morgan fingerprint density at radius 3 is 2.23 bits per heavy atom. The van der Waals surface area contributed by atoms with E-state index >= 15 is 0 Å². The summed E-state index contributed by atoms with van der Waals surface area (Å²) < 4.78 is 13.7. The van der Waals surface area contributed by atoms with Crippen molar-refractivity contribution in [3.8, 4) is 0 Å². The van der Waals surface area contributed by atoms with Crippen molar-refractivity contribution in [1.29, 1.82) is 0 Å². The Balaban J connectivity index is 1.32. The number of nitrogens with zero attached hydrogens (tertiary/aromatic N) is 2. The van der Waals surface area contributed by atoms with E-state index < -0.39 is 11.5 Å². The average Bonchev–Trinajstić information content (AvgIpc) is 3.59. The number of rotatable bonds is 8. The summed E-state index contributed by atoms with van der Waals surface area (Å²) in [7, 11) is 0. The number of amides is 3. The fourth-order valence-corrected chi connectivity index (χ4v) is 8.57. The number of likely N-dealkylation sites (tertiary alicyclic amines) is 2. The van der Waals surface area contributed by atoms with Crippen molar-refractivity contribution in [3.05, 3.63) is 35.6 Å². The van der Waals surface area contributed by atoms with Crippen LogP contribution in [0.5, 0.6) is 0 Å². The summed E-state index contributed by atoms with van der Waals surface area (Å²) in [4.78, 5) is 46.1. The van der Waals surface area contributed by atoms with E-state index in [1.54, 1.807) is 12.1 Å². The van der Waals surface area contributed by atoms with Crippen LogP contribution in [0.25, 0.3) is 0 Å². The molecule has 8 heteroatoms. The van der Waals surface area contributed by atoms with Gasteiger partial charge in [-0.25, -0.2) is 4.39 Å². The summed E-state index contributed by atoms with van der Waals surface area (Å²) in [6.45, 7) is 12.5. The lowest BCUT2D eigenvalue weighted by Crippen LogP contribution is -2.59. The van der Waals surface area contributed by atoms with Crippen molar-refractivity contribution in [1.82, 2.24) is 20.4 Å². The Morgan fingerprint density at radius 1 is 1.00 bits per heavy atom. The summed E-state index contributed by atoms with van der Waals surface area (Å²) in [5.41, 5.74) is 0.0277. The molecule has 3 amide bonds. The van der Waals surface area contributed by atoms with Crippen molar-refractivity contribution >= 4 is 17.7 Å². The van der Waals surface area contributed by atoms with Crippen LogP contribution in [0.4, 0.5) is 4.39 Å². The Bertz CT molecular complexity index is 1150. The number of nitrogens with one attached hydrogen (secondary N) is 2. The van der Waals surface area contributed by atoms with Gasteiger partial charge < -0.3 is 15.5 Å². The van der Waals surface area contributed by atoms with Gasteiger partial charge in [0.05, 0.1) is 11.3 Å². The summed E-state index contributed by atoms with van der Waals surface area (Å²) in [6.07, 6.45) is 9.15. The average molecular weight is 597 g/mol. The van der Waals surface area contributed by atoms with Crippen LogP contribution >= 0.6 is 0 Å². The standard InChI is InChI=1S/C35H53FN4O3/c1-23(2)40-22-25-19-28(30(40)21-25)31(41)37-29(20-24-11-13-27(36)14-12-24)32(42)39-17-15-35(16-18-39,26-9-7-6-8-10-26)33(43)38-34(3,4)5/h11-14,23,25-26,28-30H,6-10,15-22H2,1-5H3,(H,37,41)(H,38,43)/t25-,28?,29+,30-/m0/s1. The first-order chi connectivity index (χ1) is 20.4. The van der Waals surface area contributed by atoms with Gasteiger partial charge >= 0.3 is 0 Å². The number of halogens is 1. The molecule has 0 radical (unpaired) electrons. The van der Waals surface area contributed by atoms with Gasteiger partial charge in [0.15, 0.2) is 0 Å². The second-order valence-corrected chi connectivity index (χ2v) is 15.2. The highest BCUT2D eigenvalue weighted by molar-refractivity contribution is 5.90. The highest BCUT2D eigenvalue weighted by Gasteiger charge is 2.51. The lowest BCUT2D eigenvalue weighted by molar-refractivity contribution is -0.147. The monoisotopic (exact) mass is 596 g/mol. The van der Waals surface area contributed by atoms with Crippen LogP contribution in [0, 0.1) is 29.0 Å². The lowest BCUT2D eigenvalue weighted by Gasteiger charge is -2.48. The van der Waals surface area contributed by atoms with Crippen molar-refractivity contribution in [2.24, 2.45) is 23.2 Å². The molecule has 1 aromatic carbocycles. The fourth-order valence-electron chi connectivity index (χ4n) is 8.57. The molecule has 43 heavy (non-hydrogen) atoms. The minimum absolute atomic E-state index is 0.0450. The molecule has 2 aliphatic heterocycles. The second-order valence-electron chi connectivity index (χ2n) is 15.2. The molecule has 7 nitrogen and oxygen atoms in total. The topological polar surface area (TPSA) is 81.8 Å². The maximum atomic E-state index is 14.2. The third-order valence-electron chi connectivity index (χ3n) is 10.8. The molecule has 4 fully saturated rings. The van der Waals surface area contributed by atoms with Gasteiger partial charge in [-0.1, -0.05) is 31.4 Å². The number of benzene rings is 1. The quantitative estimate of drug-likeness (QED) is 0.439. The minimum atomic E-state index is -0.727. The van der Waals surface area contributed by atoms with Crippen LogP contribution in [-0.2, 0) is 20.8 Å². The van der Waals surface area contributed by atoms with Gasteiger partial charge in [-0.2, -0.15) is 0 Å². The summed E-state index contributed by atoms with van der Waals surface area (Å²) in [6, 6.07) is 6.08. The molecule has 1 unspecified atom stereocenters. The highest BCUT2D eigenvalue weighted by atomic mass is 19.1. The van der Waals surface area contributed by atoms with Gasteiger partial charge in [-0.3, -0.25) is 19.3 Å². The predicted molar refractivity (Wildman–Crippen MR) is 167 cm³/mol. The molecule has 238 valence electrons. The van der Waals surface area contributed by atoms with Crippen LogP contribution in [0.2, 0.25) is 0 Å². The van der Waals surface area contributed by atoms with Crippen LogP contribution in [0.15, 0.2) is 24.3 Å². The van der Waals surface area contributed by atoms with Gasteiger partial charge in [0.2, 0.25) is 17.7 Å². The zero-order valence-corrected chi connectivity index (χ0v) is 27.0. The molecule has 1 aromatic rings. The van der Waals surface area contributed by atoms with E-state index in [9.17, 15) is 18.8 Å². The zero-order chi connectivity index (χ0) is 30.9. The predicted octanol–water partition coefficient (Wildman–Crippen LogP) is 5.08. The molecule has 2 saturated heterocycles. The van der Waals surface area contributed by atoms with Crippen molar-refractivity contribution < 1.29 is 18.8 Å². The largest absolute Gasteiger partial charge is 0.351 e. The summed E-state index contributed by atoms with van der Waals surface area (Å²) in [5.74, 6) is 0.398. The maximum absolute atomic E-state index is 14.2. The van der Waals surface area contributed by atoms with Gasteiger partial charge in [0.25, 0.3) is 0 Å². The second kappa shape index (κ2) is 12.9. The molecule has 2 N–H and O–H groups in total. The van der Waals surface area contributed by atoms with Crippen LogP contribution in [-0.4, -0.2) is 70.8 Å². The third-order valence-corrected chi connectivity index (χ3v) is 10.8. The van der Waals surface area contributed by atoms with E-state index in [0.29, 0.717) is 50.2 Å². The first-order valence-corrected chi connectivity index (χ1v) is 16.8. The van der Waals surface area contributed by atoms with E-state index in [1.807, 2.05) is 25.7 Å². The molecular formula is C35H53FN4O3. The Kier molecular flexibility index (Phi) is 9.55. The number of piperidine rings is 2. The first kappa shape index (κ1) is 31.9. The summed E-state index contributed by atoms with van der Waals surface area (Å²) >= 11 is 0. The molecular weight excluding hydrogens is 543 g/mol. The molecule has 2 aliphatic carbocycles. The molecule has 5 rings (SSSR count). The first-order valence-electron chi connectivity index (χ1n) is 16.8. The van der Waals surface area contributed by atoms with E-state index in [4.69, 9.17) is 0 Å². The van der Waals surface area contributed by atoms with E-state index in [1.165, 1.54) is 18.6 Å². The van der Waals surface area contributed by atoms with Crippen molar-refractivity contribution in [3.63, 3.8) is 0 Å². The van der Waals surface area contributed by atoms with Crippen molar-refractivity contribution in [2.75, 3.05) is 19.6 Å². The Hall–Kier alpha value is -2.48. The van der Waals surface area contributed by atoms with Gasteiger partial charge in [0, 0.05) is 43.7 Å². The number of hydrogen-bond acceptors (Lipinski definition) is 4. The number of carbonyl (C=O) groups excluding carboxylic acids is 3. The molecule has 4 atom stereocenters. The van der Waals surface area contributed by atoms with E-state index in [-0.39, 0.29) is 41.0 Å². The third kappa shape index (κ3) is 7.10. The summed E-state index contributed by atoms with van der Waals surface area (Å²) in [5, 5.41) is 6.45. The lowest BCUT2D eigenvalue weighted by atomic mass is 9.63. The van der Waals surface area contributed by atoms with Gasteiger partial charge in [0.1, 0.15) is 11.9 Å². The van der Waals surface area contributed by atoms with Crippen LogP contribution < -0.4 is 10.6 Å². The van der Waals surface area contributed by atoms with Crippen LogP contribution in [0.3, 0.4) is 0 Å². The molecule has 2 saturated carbocycles. The van der Waals surface area contributed by atoms with E-state index in [0.717, 1.165) is 50.6 Å². The number of hydrogen-bond donors (Lipinski definition) is 2. The normalized spacial score (nSPS) is 26.9. The molecule has 2 bridgehead atoms. The molecule has 2 heterocycles. The molecule has 4 aliphatic rings. The maximum Gasteiger partial charge on any atom is 0.245 e. The van der Waals surface area contributed by atoms with E-state index in [2.05, 4.69) is 29.4 Å². The smallest absolute Gasteiger partial charge is 0.245 e. The molecule has 0 aromatic heterocycles. The fraction of sp³-hybridized carbons (Fsp3) is 0.743. The Labute approximate surface area is 257 Å². The van der Waals surface area contributed by atoms with Crippen molar-refractivity contribution in [2.45, 2.75) is 122 Å². The zero-order valence-electron chi connectivity index (χ0n) is 27.0. The number of carbonyl (C=O) groups is 3. The SMILES string of the molecule is CC(C)N1C[C@H]2CC(C(=O)N[C@H](Cc3ccc(F)cc3)C(=O)N3CCC(C(=O)NC(C)(C)C)(C4CCCCC4)CC3)[C@@H]1C2. The highest BCUT2D eigenvalue weighted by Crippen LogP contribution is 2.47.